The zero-order valence-corrected chi connectivity index (χ0v) is 11.5. The molecule has 2 N–H and O–H groups in total. The van der Waals surface area contributed by atoms with Crippen molar-refractivity contribution in [3.63, 3.8) is 0 Å². The maximum absolute atomic E-state index is 11.7. The number of anilines is 1. The van der Waals surface area contributed by atoms with E-state index in [1.165, 1.54) is 18.3 Å². The van der Waals surface area contributed by atoms with Crippen LogP contribution in [0.4, 0.5) is 10.5 Å². The molecule has 0 aliphatic heterocycles. The van der Waals surface area contributed by atoms with Gasteiger partial charge in [-0.1, -0.05) is 12.8 Å². The molecule has 1 aromatic heterocycles. The molecule has 0 spiro atoms. The fourth-order valence-corrected chi connectivity index (χ4v) is 2.66. The van der Waals surface area contributed by atoms with Crippen LogP contribution in [-0.2, 0) is 9.84 Å². The van der Waals surface area contributed by atoms with Crippen LogP contribution in [0.5, 0.6) is 0 Å². The number of hydrogen-bond acceptors (Lipinski definition) is 4. The Kier molecular flexibility index (Phi) is 4.04. The number of amides is 2. The first-order chi connectivity index (χ1) is 8.95. The Morgan fingerprint density at radius 2 is 2.00 bits per heavy atom. The van der Waals surface area contributed by atoms with Crippen molar-refractivity contribution in [2.45, 2.75) is 36.8 Å². The fraction of sp³-hybridized carbons (Fsp3) is 0.500. The van der Waals surface area contributed by atoms with Crippen molar-refractivity contribution < 1.29 is 13.2 Å². The number of nitrogens with one attached hydrogen (secondary N) is 2. The van der Waals surface area contributed by atoms with Crippen LogP contribution >= 0.6 is 0 Å². The second-order valence-electron chi connectivity index (χ2n) is 4.74. The highest BCUT2D eigenvalue weighted by atomic mass is 32.2. The molecule has 0 atom stereocenters. The number of carbonyl (C=O) groups is 1. The van der Waals surface area contributed by atoms with Gasteiger partial charge in [0.2, 0.25) is 0 Å². The Hall–Kier alpha value is -1.63. The van der Waals surface area contributed by atoms with Gasteiger partial charge in [-0.05, 0) is 25.0 Å². The molecule has 1 saturated carbocycles. The summed E-state index contributed by atoms with van der Waals surface area (Å²) in [6.07, 6.45) is 6.75. The summed E-state index contributed by atoms with van der Waals surface area (Å²) in [6, 6.07) is 2.86. The van der Waals surface area contributed by atoms with Gasteiger partial charge in [-0.2, -0.15) is 0 Å². The summed E-state index contributed by atoms with van der Waals surface area (Å²) in [5.41, 5.74) is 0.475. The van der Waals surface area contributed by atoms with E-state index < -0.39 is 9.84 Å². The number of rotatable bonds is 3. The predicted octanol–water partition coefficient (Wildman–Crippen LogP) is 1.55. The molecule has 0 bridgehead atoms. The van der Waals surface area contributed by atoms with Crippen LogP contribution in [0.2, 0.25) is 0 Å². The summed E-state index contributed by atoms with van der Waals surface area (Å²) < 4.78 is 22.5. The van der Waals surface area contributed by atoms with Crippen LogP contribution in [-0.4, -0.2) is 31.7 Å². The van der Waals surface area contributed by atoms with E-state index in [-0.39, 0.29) is 17.1 Å². The number of hydrogen-bond donors (Lipinski definition) is 2. The van der Waals surface area contributed by atoms with E-state index >= 15 is 0 Å². The number of aromatic nitrogens is 1. The second kappa shape index (κ2) is 5.56. The quantitative estimate of drug-likeness (QED) is 0.881. The summed E-state index contributed by atoms with van der Waals surface area (Å²) in [5.74, 6) is 0. The highest BCUT2D eigenvalue weighted by Gasteiger charge is 2.17. The molecule has 104 valence electrons. The molecule has 0 aromatic carbocycles. The first kappa shape index (κ1) is 13.8. The van der Waals surface area contributed by atoms with E-state index in [9.17, 15) is 13.2 Å². The van der Waals surface area contributed by atoms with Gasteiger partial charge in [-0.15, -0.1) is 0 Å². The molecule has 0 radical (unpaired) electrons. The Labute approximate surface area is 112 Å². The van der Waals surface area contributed by atoms with Crippen molar-refractivity contribution in [2.24, 2.45) is 0 Å². The lowest BCUT2D eigenvalue weighted by Crippen LogP contribution is -2.36. The summed E-state index contributed by atoms with van der Waals surface area (Å²) in [5, 5.41) is 5.51. The fourth-order valence-electron chi connectivity index (χ4n) is 2.10. The Morgan fingerprint density at radius 1 is 1.32 bits per heavy atom. The van der Waals surface area contributed by atoms with Crippen LogP contribution in [0.25, 0.3) is 0 Å². The SMILES string of the molecule is CS(=O)(=O)c1ccc(NC(=O)NC2CCCC2)cn1. The molecule has 0 unspecified atom stereocenters. The molecule has 7 heteroatoms. The average Bonchev–Trinajstić information content (AvgIpc) is 2.81. The van der Waals surface area contributed by atoms with Gasteiger partial charge in [-0.3, -0.25) is 0 Å². The molecule has 2 amide bonds. The van der Waals surface area contributed by atoms with E-state index in [0.717, 1.165) is 31.9 Å². The molecule has 1 heterocycles. The maximum Gasteiger partial charge on any atom is 0.319 e. The summed E-state index contributed by atoms with van der Waals surface area (Å²) in [6.45, 7) is 0. The molecule has 2 rings (SSSR count). The molecular weight excluding hydrogens is 266 g/mol. The van der Waals surface area contributed by atoms with Crippen LogP contribution in [0.1, 0.15) is 25.7 Å². The number of nitrogens with zero attached hydrogens (tertiary/aromatic N) is 1. The van der Waals surface area contributed by atoms with E-state index in [2.05, 4.69) is 15.6 Å². The normalized spacial score (nSPS) is 16.3. The van der Waals surface area contributed by atoms with Crippen molar-refractivity contribution in [1.82, 2.24) is 10.3 Å². The van der Waals surface area contributed by atoms with Crippen molar-refractivity contribution in [2.75, 3.05) is 11.6 Å². The Balaban J connectivity index is 1.93. The monoisotopic (exact) mass is 283 g/mol. The molecule has 1 fully saturated rings. The first-order valence-corrected chi connectivity index (χ1v) is 8.08. The number of sulfone groups is 1. The van der Waals surface area contributed by atoms with Crippen molar-refractivity contribution >= 4 is 21.6 Å². The van der Waals surface area contributed by atoms with Gasteiger partial charge >= 0.3 is 6.03 Å². The highest BCUT2D eigenvalue weighted by Crippen LogP contribution is 2.17. The van der Waals surface area contributed by atoms with Crippen molar-refractivity contribution in [1.29, 1.82) is 0 Å². The summed E-state index contributed by atoms with van der Waals surface area (Å²) in [4.78, 5) is 15.5. The zero-order valence-electron chi connectivity index (χ0n) is 10.7. The predicted molar refractivity (Wildman–Crippen MR) is 71.8 cm³/mol. The molecule has 19 heavy (non-hydrogen) atoms. The Morgan fingerprint density at radius 3 is 2.53 bits per heavy atom. The number of carbonyl (C=O) groups excluding carboxylic acids is 1. The molecule has 1 aliphatic rings. The van der Waals surface area contributed by atoms with Crippen LogP contribution in [0, 0.1) is 0 Å². The van der Waals surface area contributed by atoms with Gasteiger partial charge in [0.05, 0.1) is 11.9 Å². The number of pyridine rings is 1. The van der Waals surface area contributed by atoms with Gasteiger partial charge < -0.3 is 10.6 Å². The van der Waals surface area contributed by atoms with Crippen LogP contribution < -0.4 is 10.6 Å². The van der Waals surface area contributed by atoms with E-state index in [4.69, 9.17) is 0 Å². The Bertz CT molecular complexity index is 548. The van der Waals surface area contributed by atoms with Gasteiger partial charge in [0.25, 0.3) is 0 Å². The van der Waals surface area contributed by atoms with Gasteiger partial charge in [0.15, 0.2) is 14.9 Å². The smallest absolute Gasteiger partial charge is 0.319 e. The molecule has 1 aromatic rings. The van der Waals surface area contributed by atoms with Crippen LogP contribution in [0.15, 0.2) is 23.4 Å². The standard InChI is InChI=1S/C12H17N3O3S/c1-19(17,18)11-7-6-10(8-13-11)15-12(16)14-9-4-2-3-5-9/h6-9H,2-5H2,1H3,(H2,14,15,16). The maximum atomic E-state index is 11.7. The van der Waals surface area contributed by atoms with E-state index in [0.29, 0.717) is 5.69 Å². The van der Waals surface area contributed by atoms with E-state index in [1.807, 2.05) is 0 Å². The minimum absolute atomic E-state index is 0.00532. The lowest BCUT2D eigenvalue weighted by molar-refractivity contribution is 0.248. The highest BCUT2D eigenvalue weighted by molar-refractivity contribution is 7.90. The summed E-state index contributed by atoms with van der Waals surface area (Å²) in [7, 11) is -3.31. The second-order valence-corrected chi connectivity index (χ2v) is 6.70. The lowest BCUT2D eigenvalue weighted by atomic mass is 10.2. The van der Waals surface area contributed by atoms with Crippen molar-refractivity contribution in [3.8, 4) is 0 Å². The molecular formula is C12H17N3O3S. The van der Waals surface area contributed by atoms with E-state index in [1.54, 1.807) is 0 Å². The average molecular weight is 283 g/mol. The third-order valence-electron chi connectivity index (χ3n) is 3.06. The van der Waals surface area contributed by atoms with Gasteiger partial charge in [0, 0.05) is 12.3 Å². The lowest BCUT2D eigenvalue weighted by Gasteiger charge is -2.12. The minimum atomic E-state index is -3.31. The van der Waals surface area contributed by atoms with Crippen LogP contribution in [0.3, 0.4) is 0 Å². The van der Waals surface area contributed by atoms with Gasteiger partial charge in [0.1, 0.15) is 0 Å². The topological polar surface area (TPSA) is 88.2 Å². The molecule has 6 nitrogen and oxygen atoms in total. The third-order valence-corrected chi connectivity index (χ3v) is 4.07. The van der Waals surface area contributed by atoms with Crippen molar-refractivity contribution in [3.05, 3.63) is 18.3 Å². The number of urea groups is 1. The minimum Gasteiger partial charge on any atom is -0.335 e. The third kappa shape index (κ3) is 3.92. The zero-order chi connectivity index (χ0) is 13.9. The molecule has 0 saturated heterocycles. The first-order valence-electron chi connectivity index (χ1n) is 6.19. The largest absolute Gasteiger partial charge is 0.335 e. The van der Waals surface area contributed by atoms with Gasteiger partial charge in [-0.25, -0.2) is 18.2 Å². The summed E-state index contributed by atoms with van der Waals surface area (Å²) >= 11 is 0. The molecule has 1 aliphatic carbocycles.